The quantitative estimate of drug-likeness (QED) is 0.931. The lowest BCUT2D eigenvalue weighted by Crippen LogP contribution is -2.14. The average molecular weight is 293 g/mol. The van der Waals surface area contributed by atoms with Gasteiger partial charge in [-0.1, -0.05) is 17.7 Å². The lowest BCUT2D eigenvalue weighted by atomic mass is 10.2. The second kappa shape index (κ2) is 5.46. The summed E-state index contributed by atoms with van der Waals surface area (Å²) in [7, 11) is -2.24. The van der Waals surface area contributed by atoms with E-state index < -0.39 is 10.0 Å². The average Bonchev–Trinajstić information content (AvgIpc) is 2.37. The van der Waals surface area contributed by atoms with E-state index in [1.54, 1.807) is 31.2 Å². The van der Waals surface area contributed by atoms with E-state index in [2.05, 4.69) is 14.7 Å². The van der Waals surface area contributed by atoms with Gasteiger partial charge in [-0.25, -0.2) is 13.4 Å². The van der Waals surface area contributed by atoms with Gasteiger partial charge in [-0.2, -0.15) is 4.98 Å². The van der Waals surface area contributed by atoms with Gasteiger partial charge in [0.05, 0.1) is 12.0 Å². The molecule has 6 nitrogen and oxygen atoms in total. The lowest BCUT2D eigenvalue weighted by molar-refractivity contribution is 0.379. The van der Waals surface area contributed by atoms with E-state index in [0.29, 0.717) is 5.69 Å². The highest BCUT2D eigenvalue weighted by Crippen LogP contribution is 2.17. The molecule has 0 saturated carbocycles. The fourth-order valence-corrected chi connectivity index (χ4v) is 2.59. The zero-order valence-corrected chi connectivity index (χ0v) is 12.2. The first kappa shape index (κ1) is 14.3. The molecule has 0 fully saturated rings. The third kappa shape index (κ3) is 3.24. The van der Waals surface area contributed by atoms with E-state index in [4.69, 9.17) is 4.74 Å². The molecule has 0 aliphatic rings. The highest BCUT2D eigenvalue weighted by molar-refractivity contribution is 7.92. The number of aryl methyl sites for hydroxylation is 2. The maximum atomic E-state index is 12.2. The molecule has 2 rings (SSSR count). The third-order valence-electron chi connectivity index (χ3n) is 2.59. The van der Waals surface area contributed by atoms with Crippen molar-refractivity contribution in [1.29, 1.82) is 0 Å². The van der Waals surface area contributed by atoms with Crippen LogP contribution in [0.1, 0.15) is 11.3 Å². The molecule has 0 spiro atoms. The van der Waals surface area contributed by atoms with Crippen LogP contribution in [0.3, 0.4) is 0 Å². The maximum Gasteiger partial charge on any atom is 0.318 e. The first-order valence-electron chi connectivity index (χ1n) is 5.90. The summed E-state index contributed by atoms with van der Waals surface area (Å²) in [4.78, 5) is 8.13. The van der Waals surface area contributed by atoms with Crippen LogP contribution in [0.4, 0.5) is 5.82 Å². The Kier molecular flexibility index (Phi) is 3.89. The maximum absolute atomic E-state index is 12.2. The lowest BCUT2D eigenvalue weighted by Gasteiger charge is -2.09. The summed E-state index contributed by atoms with van der Waals surface area (Å²) in [6.45, 7) is 3.62. The van der Waals surface area contributed by atoms with Crippen molar-refractivity contribution in [1.82, 2.24) is 9.97 Å². The van der Waals surface area contributed by atoms with Gasteiger partial charge in [-0.05, 0) is 26.0 Å². The van der Waals surface area contributed by atoms with Crippen LogP contribution in [0.15, 0.2) is 35.2 Å². The first-order valence-corrected chi connectivity index (χ1v) is 7.38. The summed E-state index contributed by atoms with van der Waals surface area (Å²) in [5, 5.41) is 0. The number of aromatic nitrogens is 2. The van der Waals surface area contributed by atoms with Gasteiger partial charge < -0.3 is 4.74 Å². The van der Waals surface area contributed by atoms with Crippen LogP contribution in [0.2, 0.25) is 0 Å². The summed E-state index contributed by atoms with van der Waals surface area (Å²) in [5.41, 5.74) is 1.60. The highest BCUT2D eigenvalue weighted by atomic mass is 32.2. The van der Waals surface area contributed by atoms with Crippen molar-refractivity contribution >= 4 is 15.8 Å². The SMILES string of the molecule is COc1nc(C)cc(NS(=O)(=O)c2ccc(C)cc2)n1. The predicted octanol–water partition coefficient (Wildman–Crippen LogP) is 1.90. The number of nitrogens with zero attached hydrogens (tertiary/aromatic N) is 2. The number of sulfonamides is 1. The number of nitrogens with one attached hydrogen (secondary N) is 1. The van der Waals surface area contributed by atoms with E-state index in [1.807, 2.05) is 6.92 Å². The van der Waals surface area contributed by atoms with Crippen molar-refractivity contribution in [2.24, 2.45) is 0 Å². The summed E-state index contributed by atoms with van der Waals surface area (Å²) >= 11 is 0. The van der Waals surface area contributed by atoms with E-state index in [0.717, 1.165) is 5.56 Å². The molecular weight excluding hydrogens is 278 g/mol. The van der Waals surface area contributed by atoms with Gasteiger partial charge in [0.2, 0.25) is 0 Å². The Morgan fingerprint density at radius 3 is 2.35 bits per heavy atom. The van der Waals surface area contributed by atoms with E-state index in [-0.39, 0.29) is 16.7 Å². The molecule has 0 unspecified atom stereocenters. The zero-order chi connectivity index (χ0) is 14.8. The molecular formula is C13H15N3O3S. The van der Waals surface area contributed by atoms with Crippen LogP contribution < -0.4 is 9.46 Å². The predicted molar refractivity (Wildman–Crippen MR) is 75.3 cm³/mol. The van der Waals surface area contributed by atoms with Crippen molar-refractivity contribution in [3.8, 4) is 6.01 Å². The first-order chi connectivity index (χ1) is 9.40. The van der Waals surface area contributed by atoms with Crippen molar-refractivity contribution < 1.29 is 13.2 Å². The Morgan fingerprint density at radius 1 is 1.10 bits per heavy atom. The molecule has 0 radical (unpaired) electrons. The van der Waals surface area contributed by atoms with Crippen molar-refractivity contribution in [3.63, 3.8) is 0 Å². The molecule has 2 aromatic rings. The Labute approximate surface area is 117 Å². The third-order valence-corrected chi connectivity index (χ3v) is 3.96. The van der Waals surface area contributed by atoms with Gasteiger partial charge in [0.15, 0.2) is 0 Å². The second-order valence-electron chi connectivity index (χ2n) is 4.30. The molecule has 1 aromatic heterocycles. The molecule has 106 valence electrons. The molecule has 0 saturated heterocycles. The number of anilines is 1. The van der Waals surface area contributed by atoms with Crippen molar-refractivity contribution in [3.05, 3.63) is 41.6 Å². The Morgan fingerprint density at radius 2 is 1.75 bits per heavy atom. The van der Waals surface area contributed by atoms with Crippen molar-refractivity contribution in [2.45, 2.75) is 18.7 Å². The van der Waals surface area contributed by atoms with Crippen LogP contribution in [-0.2, 0) is 10.0 Å². The fraction of sp³-hybridized carbons (Fsp3) is 0.231. The number of ether oxygens (including phenoxy) is 1. The number of hydrogen-bond acceptors (Lipinski definition) is 5. The minimum Gasteiger partial charge on any atom is -0.467 e. The van der Waals surface area contributed by atoms with Gasteiger partial charge in [0.1, 0.15) is 5.82 Å². The number of hydrogen-bond donors (Lipinski definition) is 1. The number of benzene rings is 1. The Bertz CT molecular complexity index is 712. The molecule has 0 aliphatic carbocycles. The van der Waals surface area contributed by atoms with Gasteiger partial charge in [-0.3, -0.25) is 4.72 Å². The standard InChI is InChI=1S/C13H15N3O3S/c1-9-4-6-11(7-5-9)20(17,18)16-12-8-10(2)14-13(15-12)19-3/h4-8H,1-3H3,(H,14,15,16). The van der Waals surface area contributed by atoms with Gasteiger partial charge >= 0.3 is 6.01 Å². The molecule has 0 bridgehead atoms. The van der Waals surface area contributed by atoms with Crippen LogP contribution in [0.5, 0.6) is 6.01 Å². The second-order valence-corrected chi connectivity index (χ2v) is 5.98. The Balaban J connectivity index is 2.33. The summed E-state index contributed by atoms with van der Waals surface area (Å²) in [6, 6.07) is 8.22. The smallest absolute Gasteiger partial charge is 0.318 e. The molecule has 1 heterocycles. The normalized spacial score (nSPS) is 11.2. The van der Waals surface area contributed by atoms with Crippen LogP contribution >= 0.6 is 0 Å². The number of methoxy groups -OCH3 is 1. The molecule has 0 aliphatic heterocycles. The summed E-state index contributed by atoms with van der Waals surface area (Å²) in [5.74, 6) is 0.176. The monoisotopic (exact) mass is 293 g/mol. The van der Waals surface area contributed by atoms with E-state index in [9.17, 15) is 8.42 Å². The van der Waals surface area contributed by atoms with Crippen LogP contribution in [0.25, 0.3) is 0 Å². The highest BCUT2D eigenvalue weighted by Gasteiger charge is 2.15. The summed E-state index contributed by atoms with van der Waals surface area (Å²) in [6.07, 6.45) is 0. The minimum absolute atomic E-state index is 0.117. The van der Waals surface area contributed by atoms with Gasteiger partial charge in [0.25, 0.3) is 10.0 Å². The Hall–Kier alpha value is -2.15. The largest absolute Gasteiger partial charge is 0.467 e. The molecule has 1 N–H and O–H groups in total. The molecule has 0 amide bonds. The topological polar surface area (TPSA) is 81.2 Å². The van der Waals surface area contributed by atoms with Crippen molar-refractivity contribution in [2.75, 3.05) is 11.8 Å². The van der Waals surface area contributed by atoms with E-state index in [1.165, 1.54) is 13.2 Å². The zero-order valence-electron chi connectivity index (χ0n) is 11.4. The fourth-order valence-electron chi connectivity index (χ4n) is 1.60. The van der Waals surface area contributed by atoms with Crippen LogP contribution in [0, 0.1) is 13.8 Å². The van der Waals surface area contributed by atoms with Gasteiger partial charge in [0, 0.05) is 11.8 Å². The molecule has 7 heteroatoms. The van der Waals surface area contributed by atoms with E-state index >= 15 is 0 Å². The molecule has 0 atom stereocenters. The summed E-state index contributed by atoms with van der Waals surface area (Å²) < 4.78 is 31.7. The minimum atomic E-state index is -3.67. The number of rotatable bonds is 4. The van der Waals surface area contributed by atoms with Gasteiger partial charge in [-0.15, -0.1) is 0 Å². The van der Waals surface area contributed by atoms with Crippen LogP contribution in [-0.4, -0.2) is 25.5 Å². The molecule has 1 aromatic carbocycles. The molecule has 20 heavy (non-hydrogen) atoms.